The Hall–Kier alpha value is -1.65. The van der Waals surface area contributed by atoms with Crippen LogP contribution in [0.5, 0.6) is 0 Å². The lowest BCUT2D eigenvalue weighted by atomic mass is 9.88. The molecule has 1 atom stereocenters. The van der Waals surface area contributed by atoms with Crippen molar-refractivity contribution in [2.45, 2.75) is 31.3 Å². The minimum atomic E-state index is -0.0450. The molecular weight excluding hydrogens is 390 g/mol. The van der Waals surface area contributed by atoms with Gasteiger partial charge in [-0.1, -0.05) is 60.7 Å². The molecule has 0 aromatic heterocycles. The molecule has 1 aliphatic rings. The fraction of sp³-hybridized carbons (Fsp3) is 0.409. The SMILES string of the molecule is C[N+](C)(CCC(c1ccccc1)c1ccccc1)C[C@H]1CCC(=O)O1.[Br-]. The van der Waals surface area contributed by atoms with Gasteiger partial charge in [-0.3, -0.25) is 4.79 Å². The maximum atomic E-state index is 11.3. The van der Waals surface area contributed by atoms with E-state index in [-0.39, 0.29) is 29.1 Å². The molecule has 1 fully saturated rings. The number of rotatable bonds is 7. The Morgan fingerprint density at radius 3 is 2.00 bits per heavy atom. The Balaban J connectivity index is 0.00000243. The Morgan fingerprint density at radius 2 is 1.54 bits per heavy atom. The molecule has 1 saturated heterocycles. The lowest BCUT2D eigenvalue weighted by molar-refractivity contribution is -0.893. The van der Waals surface area contributed by atoms with Crippen LogP contribution in [-0.4, -0.2) is 43.7 Å². The zero-order valence-electron chi connectivity index (χ0n) is 15.6. The first-order chi connectivity index (χ1) is 12.0. The van der Waals surface area contributed by atoms with Crippen LogP contribution in [0, 0.1) is 0 Å². The lowest BCUT2D eigenvalue weighted by Crippen LogP contribution is -3.00. The summed E-state index contributed by atoms with van der Waals surface area (Å²) in [7, 11) is 4.47. The van der Waals surface area contributed by atoms with Gasteiger partial charge in [0.05, 0.1) is 20.6 Å². The Bertz CT molecular complexity index is 648. The van der Waals surface area contributed by atoms with Crippen molar-refractivity contribution in [1.82, 2.24) is 0 Å². The van der Waals surface area contributed by atoms with E-state index in [9.17, 15) is 4.79 Å². The predicted molar refractivity (Wildman–Crippen MR) is 100 cm³/mol. The molecule has 0 saturated carbocycles. The summed E-state index contributed by atoms with van der Waals surface area (Å²) in [5.41, 5.74) is 2.72. The monoisotopic (exact) mass is 417 g/mol. The number of esters is 1. The van der Waals surface area contributed by atoms with Crippen molar-refractivity contribution in [2.75, 3.05) is 27.2 Å². The number of carbonyl (C=O) groups excluding carboxylic acids is 1. The second-order valence-electron chi connectivity index (χ2n) is 7.66. The fourth-order valence-corrected chi connectivity index (χ4v) is 3.73. The van der Waals surface area contributed by atoms with Crippen molar-refractivity contribution in [3.05, 3.63) is 71.8 Å². The molecule has 3 rings (SSSR count). The summed E-state index contributed by atoms with van der Waals surface area (Å²) in [5.74, 6) is 0.349. The van der Waals surface area contributed by atoms with Gasteiger partial charge in [-0.2, -0.15) is 0 Å². The quantitative estimate of drug-likeness (QED) is 0.496. The highest BCUT2D eigenvalue weighted by molar-refractivity contribution is 5.71. The van der Waals surface area contributed by atoms with Crippen molar-refractivity contribution in [3.63, 3.8) is 0 Å². The van der Waals surface area contributed by atoms with Crippen LogP contribution in [0.1, 0.15) is 36.3 Å². The molecule has 140 valence electrons. The highest BCUT2D eigenvalue weighted by atomic mass is 79.9. The highest BCUT2D eigenvalue weighted by Crippen LogP contribution is 2.29. The van der Waals surface area contributed by atoms with Crippen LogP contribution in [0.4, 0.5) is 0 Å². The van der Waals surface area contributed by atoms with Crippen molar-refractivity contribution < 1.29 is 31.0 Å². The summed E-state index contributed by atoms with van der Waals surface area (Å²) >= 11 is 0. The number of halogens is 1. The lowest BCUT2D eigenvalue weighted by Gasteiger charge is -2.33. The van der Waals surface area contributed by atoms with Crippen LogP contribution in [0.2, 0.25) is 0 Å². The van der Waals surface area contributed by atoms with Crippen LogP contribution in [0.15, 0.2) is 60.7 Å². The molecule has 0 spiro atoms. The molecular formula is C22H28BrNO2. The molecule has 0 aliphatic carbocycles. The van der Waals surface area contributed by atoms with E-state index in [4.69, 9.17) is 4.74 Å². The number of hydrogen-bond acceptors (Lipinski definition) is 2. The van der Waals surface area contributed by atoms with Crippen molar-refractivity contribution in [2.24, 2.45) is 0 Å². The number of cyclic esters (lactones) is 1. The molecule has 4 heteroatoms. The average Bonchev–Trinajstić information content (AvgIpc) is 3.01. The van der Waals surface area contributed by atoms with Gasteiger partial charge < -0.3 is 26.2 Å². The summed E-state index contributed by atoms with van der Waals surface area (Å²) in [6.45, 7) is 1.94. The fourth-order valence-electron chi connectivity index (χ4n) is 3.73. The van der Waals surface area contributed by atoms with Crippen LogP contribution >= 0.6 is 0 Å². The van der Waals surface area contributed by atoms with E-state index in [0.29, 0.717) is 12.3 Å². The third-order valence-corrected chi connectivity index (χ3v) is 5.09. The van der Waals surface area contributed by atoms with E-state index in [1.165, 1.54) is 11.1 Å². The first-order valence-corrected chi connectivity index (χ1v) is 9.15. The molecule has 1 heterocycles. The smallest absolute Gasteiger partial charge is 0.306 e. The highest BCUT2D eigenvalue weighted by Gasteiger charge is 2.31. The van der Waals surface area contributed by atoms with Gasteiger partial charge in [-0.25, -0.2) is 0 Å². The first kappa shape index (κ1) is 20.7. The van der Waals surface area contributed by atoms with Gasteiger partial charge in [-0.15, -0.1) is 0 Å². The minimum Gasteiger partial charge on any atom is -1.00 e. The summed E-state index contributed by atoms with van der Waals surface area (Å²) < 4.78 is 6.29. The second kappa shape index (κ2) is 9.33. The maximum Gasteiger partial charge on any atom is 0.306 e. The molecule has 2 aromatic carbocycles. The first-order valence-electron chi connectivity index (χ1n) is 9.15. The van der Waals surface area contributed by atoms with Crippen molar-refractivity contribution in [3.8, 4) is 0 Å². The van der Waals surface area contributed by atoms with Gasteiger partial charge in [0.1, 0.15) is 6.54 Å². The summed E-state index contributed by atoms with van der Waals surface area (Å²) in [4.78, 5) is 11.3. The molecule has 0 bridgehead atoms. The average molecular weight is 418 g/mol. The third kappa shape index (κ3) is 5.68. The molecule has 0 radical (unpaired) electrons. The second-order valence-corrected chi connectivity index (χ2v) is 7.66. The van der Waals surface area contributed by atoms with Gasteiger partial charge >= 0.3 is 5.97 Å². The van der Waals surface area contributed by atoms with Gasteiger partial charge in [0.25, 0.3) is 0 Å². The summed E-state index contributed by atoms with van der Waals surface area (Å²) in [6, 6.07) is 21.5. The van der Waals surface area contributed by atoms with Crippen LogP contribution in [-0.2, 0) is 9.53 Å². The molecule has 1 aliphatic heterocycles. The molecule has 3 nitrogen and oxygen atoms in total. The molecule has 0 unspecified atom stereocenters. The van der Waals surface area contributed by atoms with E-state index >= 15 is 0 Å². The van der Waals surface area contributed by atoms with E-state index in [1.54, 1.807) is 0 Å². The number of likely N-dealkylation sites (N-methyl/N-ethyl adjacent to an activating group) is 1. The van der Waals surface area contributed by atoms with E-state index in [1.807, 2.05) is 0 Å². The van der Waals surface area contributed by atoms with Crippen molar-refractivity contribution >= 4 is 5.97 Å². The molecule has 26 heavy (non-hydrogen) atoms. The molecule has 0 N–H and O–H groups in total. The topological polar surface area (TPSA) is 26.3 Å². The molecule has 2 aromatic rings. The van der Waals surface area contributed by atoms with Crippen LogP contribution in [0.3, 0.4) is 0 Å². The normalized spacial score (nSPS) is 17.0. The number of hydrogen-bond donors (Lipinski definition) is 0. The minimum absolute atomic E-state index is 0. The Morgan fingerprint density at radius 1 is 1.00 bits per heavy atom. The third-order valence-electron chi connectivity index (χ3n) is 5.09. The zero-order valence-corrected chi connectivity index (χ0v) is 17.2. The van der Waals surface area contributed by atoms with Gasteiger partial charge in [0, 0.05) is 25.2 Å². The Labute approximate surface area is 167 Å². The van der Waals surface area contributed by atoms with E-state index in [0.717, 1.165) is 30.4 Å². The maximum absolute atomic E-state index is 11.3. The van der Waals surface area contributed by atoms with E-state index < -0.39 is 0 Å². The number of benzene rings is 2. The Kier molecular flexibility index (Phi) is 7.42. The number of quaternary nitrogens is 1. The molecule has 0 amide bonds. The number of carbonyl (C=O) groups is 1. The summed E-state index contributed by atoms with van der Waals surface area (Å²) in [5, 5.41) is 0. The van der Waals surface area contributed by atoms with Crippen LogP contribution < -0.4 is 17.0 Å². The van der Waals surface area contributed by atoms with E-state index in [2.05, 4.69) is 74.8 Å². The zero-order chi connectivity index (χ0) is 17.7. The predicted octanol–water partition coefficient (Wildman–Crippen LogP) is 0.995. The summed E-state index contributed by atoms with van der Waals surface area (Å²) in [6.07, 6.45) is 2.58. The van der Waals surface area contributed by atoms with Crippen molar-refractivity contribution in [1.29, 1.82) is 0 Å². The van der Waals surface area contributed by atoms with Gasteiger partial charge in [0.2, 0.25) is 0 Å². The largest absolute Gasteiger partial charge is 1.00 e. The number of ether oxygens (including phenoxy) is 1. The van der Waals surface area contributed by atoms with Crippen LogP contribution in [0.25, 0.3) is 0 Å². The number of nitrogens with zero attached hydrogens (tertiary/aromatic N) is 1. The van der Waals surface area contributed by atoms with Gasteiger partial charge in [0.15, 0.2) is 6.10 Å². The standard InChI is InChI=1S/C22H28NO2.BrH/c1-23(2,17-20-13-14-22(24)25-20)16-15-21(18-9-5-3-6-10-18)19-11-7-4-8-12-19;/h3-12,20-21H,13-17H2,1-2H3;1H/q+1;/p-1/t20-;/m1./s1. The van der Waals surface area contributed by atoms with Gasteiger partial charge in [-0.05, 0) is 11.1 Å².